The summed E-state index contributed by atoms with van der Waals surface area (Å²) in [7, 11) is 0. The van der Waals surface area contributed by atoms with Gasteiger partial charge in [0.15, 0.2) is 0 Å². The van der Waals surface area contributed by atoms with Gasteiger partial charge >= 0.3 is 0 Å². The largest absolute Gasteiger partial charge is 0.466 e. The summed E-state index contributed by atoms with van der Waals surface area (Å²) in [6, 6.07) is 2.36. The molecule has 2 aromatic rings. The van der Waals surface area contributed by atoms with Crippen LogP contribution in [0.2, 0.25) is 0 Å². The van der Waals surface area contributed by atoms with Crippen molar-refractivity contribution in [2.24, 2.45) is 0 Å². The number of hydrogen-bond donors (Lipinski definition) is 1. The van der Waals surface area contributed by atoms with Crippen LogP contribution in [0.15, 0.2) is 18.7 Å². The van der Waals surface area contributed by atoms with Crippen molar-refractivity contribution in [3.05, 3.63) is 41.9 Å². The quantitative estimate of drug-likeness (QED) is 0.725. The van der Waals surface area contributed by atoms with Crippen LogP contribution in [0.25, 0.3) is 0 Å². The van der Waals surface area contributed by atoms with Crippen LogP contribution in [0.3, 0.4) is 0 Å². The zero-order valence-electron chi connectivity index (χ0n) is 11.4. The molecule has 0 radical (unpaired) electrons. The fourth-order valence-corrected chi connectivity index (χ4v) is 4.46. The number of nitrogens with one attached hydrogen (secondary N) is 1. The van der Waals surface area contributed by atoms with E-state index in [1.54, 1.807) is 11.3 Å². The Morgan fingerprint density at radius 3 is 2.37 bits per heavy atom. The Labute approximate surface area is 134 Å². The zero-order valence-corrected chi connectivity index (χ0v) is 15.4. The second kappa shape index (κ2) is 6.12. The second-order valence-corrected chi connectivity index (χ2v) is 7.77. The molecular formula is C14H17Br2NOS. The smallest absolute Gasteiger partial charge is 0.106 e. The van der Waals surface area contributed by atoms with Gasteiger partial charge in [0.1, 0.15) is 11.5 Å². The highest BCUT2D eigenvalue weighted by atomic mass is 79.9. The summed E-state index contributed by atoms with van der Waals surface area (Å²) in [4.78, 5) is 1.28. The van der Waals surface area contributed by atoms with E-state index in [2.05, 4.69) is 57.1 Å². The van der Waals surface area contributed by atoms with Gasteiger partial charge in [-0.1, -0.05) is 6.92 Å². The first-order valence-electron chi connectivity index (χ1n) is 6.20. The maximum absolute atomic E-state index is 5.77. The van der Waals surface area contributed by atoms with Crippen LogP contribution in [0.5, 0.6) is 0 Å². The van der Waals surface area contributed by atoms with Crippen LogP contribution in [-0.2, 0) is 0 Å². The molecule has 2 heterocycles. The lowest BCUT2D eigenvalue weighted by Gasteiger charge is -2.17. The fraction of sp³-hybridized carbons (Fsp3) is 0.429. The molecule has 0 fully saturated rings. The predicted molar refractivity (Wildman–Crippen MR) is 88.2 cm³/mol. The molecule has 1 N–H and O–H groups in total. The van der Waals surface area contributed by atoms with Gasteiger partial charge in [0.05, 0.1) is 9.83 Å². The number of rotatable bonds is 4. The van der Waals surface area contributed by atoms with Crippen LogP contribution >= 0.6 is 43.2 Å². The molecule has 1 atom stereocenters. The van der Waals surface area contributed by atoms with E-state index in [0.29, 0.717) is 0 Å². The highest BCUT2D eigenvalue weighted by Crippen LogP contribution is 2.40. The summed E-state index contributed by atoms with van der Waals surface area (Å²) >= 11 is 8.88. The van der Waals surface area contributed by atoms with E-state index in [-0.39, 0.29) is 6.04 Å². The SMILES string of the molecule is CCNC(c1cc(Br)c(Br)s1)c1c(C)oc(C)c1C. The Balaban J connectivity index is 2.51. The van der Waals surface area contributed by atoms with Gasteiger partial charge in [-0.2, -0.15) is 0 Å². The lowest BCUT2D eigenvalue weighted by Crippen LogP contribution is -2.22. The van der Waals surface area contributed by atoms with Gasteiger partial charge in [0.2, 0.25) is 0 Å². The minimum Gasteiger partial charge on any atom is -0.466 e. The fourth-order valence-electron chi connectivity index (χ4n) is 2.29. The third kappa shape index (κ3) is 2.99. The van der Waals surface area contributed by atoms with Crippen LogP contribution in [0.1, 0.15) is 40.5 Å². The number of aryl methyl sites for hydroxylation is 2. The first kappa shape index (κ1) is 15.3. The van der Waals surface area contributed by atoms with Crippen molar-refractivity contribution in [1.29, 1.82) is 0 Å². The van der Waals surface area contributed by atoms with Crippen molar-refractivity contribution >= 4 is 43.2 Å². The molecule has 2 nitrogen and oxygen atoms in total. The number of thiophene rings is 1. The Kier molecular flexibility index (Phi) is 4.93. The molecule has 19 heavy (non-hydrogen) atoms. The molecule has 5 heteroatoms. The molecule has 0 saturated heterocycles. The van der Waals surface area contributed by atoms with Crippen LogP contribution in [-0.4, -0.2) is 6.54 Å². The van der Waals surface area contributed by atoms with E-state index < -0.39 is 0 Å². The highest BCUT2D eigenvalue weighted by Gasteiger charge is 2.24. The summed E-state index contributed by atoms with van der Waals surface area (Å²) in [5, 5.41) is 3.56. The van der Waals surface area contributed by atoms with Crippen molar-refractivity contribution in [3.8, 4) is 0 Å². The number of hydrogen-bond acceptors (Lipinski definition) is 3. The maximum Gasteiger partial charge on any atom is 0.106 e. The summed E-state index contributed by atoms with van der Waals surface area (Å²) in [6.07, 6.45) is 0. The Morgan fingerprint density at radius 1 is 1.26 bits per heavy atom. The van der Waals surface area contributed by atoms with Gasteiger partial charge in [0.25, 0.3) is 0 Å². The molecule has 0 aromatic carbocycles. The molecular weight excluding hydrogens is 390 g/mol. The van der Waals surface area contributed by atoms with Gasteiger partial charge in [0, 0.05) is 14.9 Å². The molecule has 104 valence electrons. The van der Waals surface area contributed by atoms with E-state index >= 15 is 0 Å². The minimum atomic E-state index is 0.190. The first-order valence-corrected chi connectivity index (χ1v) is 8.60. The highest BCUT2D eigenvalue weighted by molar-refractivity contribution is 9.13. The zero-order chi connectivity index (χ0) is 14.2. The van der Waals surface area contributed by atoms with E-state index in [1.807, 2.05) is 13.8 Å². The average Bonchev–Trinajstić information content (AvgIpc) is 2.79. The summed E-state index contributed by atoms with van der Waals surface area (Å²) in [5.41, 5.74) is 2.50. The molecule has 2 aromatic heterocycles. The number of halogens is 2. The second-order valence-electron chi connectivity index (χ2n) is 4.51. The standard InChI is InChI=1S/C14H17Br2NOS/c1-5-17-13(11-6-10(15)14(16)19-11)12-7(2)8(3)18-9(12)4/h6,13,17H,5H2,1-4H3. The lowest BCUT2D eigenvalue weighted by molar-refractivity contribution is 0.494. The van der Waals surface area contributed by atoms with Gasteiger partial charge in [-0.05, 0) is 70.8 Å². The van der Waals surface area contributed by atoms with Crippen molar-refractivity contribution in [2.75, 3.05) is 6.54 Å². The topological polar surface area (TPSA) is 25.2 Å². The summed E-state index contributed by atoms with van der Waals surface area (Å²) < 4.78 is 8.00. The van der Waals surface area contributed by atoms with Gasteiger partial charge in [-0.15, -0.1) is 11.3 Å². The van der Waals surface area contributed by atoms with Crippen molar-refractivity contribution in [3.63, 3.8) is 0 Å². The molecule has 0 aliphatic rings. The summed E-state index contributed by atoms with van der Waals surface area (Å²) in [6.45, 7) is 9.24. The minimum absolute atomic E-state index is 0.190. The Morgan fingerprint density at radius 2 is 1.95 bits per heavy atom. The van der Waals surface area contributed by atoms with Crippen LogP contribution in [0.4, 0.5) is 0 Å². The monoisotopic (exact) mass is 405 g/mol. The molecule has 0 aliphatic carbocycles. The third-order valence-electron chi connectivity index (χ3n) is 3.26. The van der Waals surface area contributed by atoms with E-state index in [1.165, 1.54) is 16.0 Å². The molecule has 0 spiro atoms. The number of furan rings is 1. The molecule has 0 bridgehead atoms. The van der Waals surface area contributed by atoms with Crippen molar-refractivity contribution in [2.45, 2.75) is 33.7 Å². The van der Waals surface area contributed by atoms with Gasteiger partial charge in [-0.3, -0.25) is 0 Å². The van der Waals surface area contributed by atoms with Gasteiger partial charge < -0.3 is 9.73 Å². The lowest BCUT2D eigenvalue weighted by atomic mass is 10.0. The molecule has 2 rings (SSSR count). The third-order valence-corrected chi connectivity index (χ3v) is 6.58. The van der Waals surface area contributed by atoms with E-state index in [0.717, 1.165) is 26.3 Å². The van der Waals surface area contributed by atoms with Crippen molar-refractivity contribution in [1.82, 2.24) is 5.32 Å². The van der Waals surface area contributed by atoms with Crippen molar-refractivity contribution < 1.29 is 4.42 Å². The molecule has 1 unspecified atom stereocenters. The van der Waals surface area contributed by atoms with E-state index in [4.69, 9.17) is 4.42 Å². The molecule has 0 amide bonds. The van der Waals surface area contributed by atoms with Crippen LogP contribution < -0.4 is 5.32 Å². The van der Waals surface area contributed by atoms with Gasteiger partial charge in [-0.25, -0.2) is 0 Å². The normalized spacial score (nSPS) is 12.9. The molecule has 0 aliphatic heterocycles. The predicted octanol–water partition coefficient (Wildman–Crippen LogP) is 5.49. The molecule has 0 saturated carbocycles. The average molecular weight is 407 g/mol. The maximum atomic E-state index is 5.77. The Hall–Kier alpha value is -0.100. The Bertz CT molecular complexity index is 569. The first-order chi connectivity index (χ1) is 8.95. The van der Waals surface area contributed by atoms with Crippen LogP contribution in [0, 0.1) is 20.8 Å². The van der Waals surface area contributed by atoms with E-state index in [9.17, 15) is 0 Å². The summed E-state index contributed by atoms with van der Waals surface area (Å²) in [5.74, 6) is 2.01.